The minimum Gasteiger partial charge on any atom is -0.460 e. The number of rotatable bonds is 7. The van der Waals surface area contributed by atoms with Gasteiger partial charge in [-0.2, -0.15) is 10.4 Å². The Kier molecular flexibility index (Phi) is 8.10. The van der Waals surface area contributed by atoms with Crippen molar-refractivity contribution >= 4 is 29.9 Å². The van der Waals surface area contributed by atoms with E-state index in [1.165, 1.54) is 0 Å². The lowest BCUT2D eigenvalue weighted by molar-refractivity contribution is 0.0664. The van der Waals surface area contributed by atoms with E-state index in [-0.39, 0.29) is 5.91 Å². The molecule has 0 N–H and O–H groups in total. The van der Waals surface area contributed by atoms with Crippen molar-refractivity contribution in [1.82, 2.24) is 9.80 Å². The molecule has 0 aliphatic carbocycles. The fourth-order valence-electron chi connectivity index (χ4n) is 3.63. The predicted octanol–water partition coefficient (Wildman–Crippen LogP) is 4.74. The molecule has 2 aromatic carbocycles. The maximum atomic E-state index is 12.8. The first-order chi connectivity index (χ1) is 15.9. The fourth-order valence-corrected chi connectivity index (χ4v) is 3.84. The maximum absolute atomic E-state index is 12.8. The van der Waals surface area contributed by atoms with Gasteiger partial charge in [0.05, 0.1) is 22.0 Å². The molecular formula is C25H28ClN5O2. The van der Waals surface area contributed by atoms with Gasteiger partial charge in [-0.05, 0) is 56.4 Å². The third-order valence-corrected chi connectivity index (χ3v) is 5.95. The number of hydrogen-bond donors (Lipinski definition) is 0. The van der Waals surface area contributed by atoms with E-state index in [1.807, 2.05) is 24.8 Å². The smallest absolute Gasteiger partial charge is 0.253 e. The highest BCUT2D eigenvalue weighted by Crippen LogP contribution is 2.29. The molecule has 172 valence electrons. The number of benzene rings is 2. The van der Waals surface area contributed by atoms with Crippen molar-refractivity contribution in [3.63, 3.8) is 0 Å². The summed E-state index contributed by atoms with van der Waals surface area (Å²) in [5, 5.41) is 15.2. The minimum absolute atomic E-state index is 0.0387. The number of hydrogen-bond acceptors (Lipinski definition) is 6. The van der Waals surface area contributed by atoms with Gasteiger partial charge in [-0.1, -0.05) is 18.5 Å². The Morgan fingerprint density at radius 2 is 1.88 bits per heavy atom. The SMILES string of the molecule is C=NN(/C(C)=C(\CC)Oc1ccc(C(=O)N2CCN(C)CC2)cc1)c1ccc(C#N)c(Cl)c1. The Morgan fingerprint density at radius 1 is 1.21 bits per heavy atom. The number of hydrazone groups is 1. The molecule has 33 heavy (non-hydrogen) atoms. The average molecular weight is 466 g/mol. The van der Waals surface area contributed by atoms with Crippen LogP contribution in [-0.4, -0.2) is 55.7 Å². The van der Waals surface area contributed by atoms with Gasteiger partial charge >= 0.3 is 0 Å². The van der Waals surface area contributed by atoms with Gasteiger partial charge in [0, 0.05) is 44.9 Å². The fraction of sp³-hybridized carbons (Fsp3) is 0.320. The molecule has 1 amide bonds. The Morgan fingerprint density at radius 3 is 2.42 bits per heavy atom. The molecule has 1 fully saturated rings. The second kappa shape index (κ2) is 11.0. The van der Waals surface area contributed by atoms with Crippen molar-refractivity contribution in [2.75, 3.05) is 38.2 Å². The average Bonchev–Trinajstić information content (AvgIpc) is 2.83. The highest BCUT2D eigenvalue weighted by molar-refractivity contribution is 6.32. The molecule has 0 atom stereocenters. The summed E-state index contributed by atoms with van der Waals surface area (Å²) in [7, 11) is 2.06. The summed E-state index contributed by atoms with van der Waals surface area (Å²) in [6.07, 6.45) is 0.615. The zero-order valence-corrected chi connectivity index (χ0v) is 20.0. The third kappa shape index (κ3) is 5.72. The van der Waals surface area contributed by atoms with Gasteiger partial charge < -0.3 is 14.5 Å². The van der Waals surface area contributed by atoms with Gasteiger partial charge in [0.2, 0.25) is 0 Å². The lowest BCUT2D eigenvalue weighted by atomic mass is 10.1. The first-order valence-corrected chi connectivity index (χ1v) is 11.2. The van der Waals surface area contributed by atoms with Gasteiger partial charge in [-0.15, -0.1) is 0 Å². The number of nitriles is 1. The summed E-state index contributed by atoms with van der Waals surface area (Å²) in [5.41, 5.74) is 2.46. The van der Waals surface area contributed by atoms with Gasteiger partial charge in [-0.3, -0.25) is 4.79 Å². The van der Waals surface area contributed by atoms with Crippen LogP contribution in [0, 0.1) is 11.3 Å². The molecular weight excluding hydrogens is 438 g/mol. The summed E-state index contributed by atoms with van der Waals surface area (Å²) in [5.74, 6) is 1.36. The predicted molar refractivity (Wildman–Crippen MR) is 132 cm³/mol. The summed E-state index contributed by atoms with van der Waals surface area (Å²) >= 11 is 6.19. The molecule has 0 unspecified atom stereocenters. The van der Waals surface area contributed by atoms with Crippen molar-refractivity contribution < 1.29 is 9.53 Å². The van der Waals surface area contributed by atoms with E-state index in [2.05, 4.69) is 23.8 Å². The normalized spacial score (nSPS) is 14.8. The molecule has 3 rings (SSSR count). The zero-order chi connectivity index (χ0) is 24.0. The Bertz CT molecular complexity index is 1080. The molecule has 0 radical (unpaired) electrons. The minimum atomic E-state index is 0.0387. The van der Waals surface area contributed by atoms with E-state index >= 15 is 0 Å². The Labute approximate surface area is 200 Å². The van der Waals surface area contributed by atoms with Gasteiger partial charge in [0.25, 0.3) is 5.91 Å². The number of nitrogens with zero attached hydrogens (tertiary/aromatic N) is 5. The van der Waals surface area contributed by atoms with E-state index in [0.717, 1.165) is 31.9 Å². The molecule has 1 heterocycles. The molecule has 7 nitrogen and oxygen atoms in total. The number of anilines is 1. The number of piperazine rings is 1. The number of likely N-dealkylation sites (N-methyl/N-ethyl adjacent to an activating group) is 1. The second-order valence-electron chi connectivity index (χ2n) is 7.81. The number of carbonyl (C=O) groups is 1. The molecule has 2 aromatic rings. The number of halogens is 1. The van der Waals surface area contributed by atoms with E-state index < -0.39 is 0 Å². The van der Waals surface area contributed by atoms with Crippen molar-refractivity contribution in [2.24, 2.45) is 5.10 Å². The van der Waals surface area contributed by atoms with Crippen molar-refractivity contribution in [2.45, 2.75) is 20.3 Å². The number of ether oxygens (including phenoxy) is 1. The van der Waals surface area contributed by atoms with Gasteiger partial charge in [0.15, 0.2) is 0 Å². The van der Waals surface area contributed by atoms with Crippen LogP contribution in [0.4, 0.5) is 5.69 Å². The second-order valence-corrected chi connectivity index (χ2v) is 8.22. The van der Waals surface area contributed by atoms with Gasteiger partial charge in [0.1, 0.15) is 17.6 Å². The molecule has 1 aliphatic rings. The van der Waals surface area contributed by atoms with Crippen LogP contribution in [0.2, 0.25) is 5.02 Å². The molecule has 8 heteroatoms. The Balaban J connectivity index is 1.77. The lowest BCUT2D eigenvalue weighted by Gasteiger charge is -2.32. The van der Waals surface area contributed by atoms with Crippen molar-refractivity contribution in [3.8, 4) is 11.8 Å². The molecule has 1 saturated heterocycles. The Hall–Kier alpha value is -3.34. The summed E-state index contributed by atoms with van der Waals surface area (Å²) in [6, 6.07) is 14.3. The highest BCUT2D eigenvalue weighted by Gasteiger charge is 2.20. The molecule has 0 spiro atoms. The van der Waals surface area contributed by atoms with Crippen LogP contribution in [-0.2, 0) is 0 Å². The quantitative estimate of drug-likeness (QED) is 0.335. The van der Waals surface area contributed by atoms with E-state index in [4.69, 9.17) is 21.6 Å². The van der Waals surface area contributed by atoms with Crippen LogP contribution >= 0.6 is 11.6 Å². The zero-order valence-electron chi connectivity index (χ0n) is 19.2. The van der Waals surface area contributed by atoms with Gasteiger partial charge in [-0.25, -0.2) is 5.01 Å². The van der Waals surface area contributed by atoms with E-state index in [0.29, 0.717) is 39.8 Å². The third-order valence-electron chi connectivity index (χ3n) is 5.63. The van der Waals surface area contributed by atoms with Crippen LogP contribution < -0.4 is 9.75 Å². The van der Waals surface area contributed by atoms with E-state index in [1.54, 1.807) is 47.5 Å². The van der Waals surface area contributed by atoms with Crippen LogP contribution in [0.3, 0.4) is 0 Å². The van der Waals surface area contributed by atoms with Crippen LogP contribution in [0.25, 0.3) is 0 Å². The van der Waals surface area contributed by atoms with Crippen LogP contribution in [0.5, 0.6) is 5.75 Å². The number of carbonyl (C=O) groups excluding carboxylic acids is 1. The lowest BCUT2D eigenvalue weighted by Crippen LogP contribution is -2.47. The molecule has 0 bridgehead atoms. The first kappa shape index (κ1) is 24.3. The van der Waals surface area contributed by atoms with Crippen molar-refractivity contribution in [1.29, 1.82) is 5.26 Å². The summed E-state index contributed by atoms with van der Waals surface area (Å²) in [6.45, 7) is 10.8. The molecule has 0 saturated carbocycles. The summed E-state index contributed by atoms with van der Waals surface area (Å²) < 4.78 is 6.13. The van der Waals surface area contributed by atoms with Crippen LogP contribution in [0.1, 0.15) is 36.2 Å². The van der Waals surface area contributed by atoms with Crippen LogP contribution in [0.15, 0.2) is 59.0 Å². The monoisotopic (exact) mass is 465 g/mol. The number of amides is 1. The topological polar surface area (TPSA) is 72.2 Å². The largest absolute Gasteiger partial charge is 0.460 e. The highest BCUT2D eigenvalue weighted by atomic mass is 35.5. The number of allylic oxidation sites excluding steroid dienone is 2. The van der Waals surface area contributed by atoms with Crippen molar-refractivity contribution in [3.05, 3.63) is 70.1 Å². The molecule has 1 aliphatic heterocycles. The standard InChI is InChI=1S/C25H28ClN5O2/c1-5-24(18(2)31(28-3)21-9-6-20(17-27)23(26)16-21)33-22-10-7-19(8-11-22)25(32)30-14-12-29(4)13-15-30/h6-11,16H,3,5,12-15H2,1-2,4H3/b24-18+. The maximum Gasteiger partial charge on any atom is 0.253 e. The molecule has 0 aromatic heterocycles. The summed E-state index contributed by atoms with van der Waals surface area (Å²) in [4.78, 5) is 16.9. The van der Waals surface area contributed by atoms with E-state index in [9.17, 15) is 4.79 Å². The first-order valence-electron chi connectivity index (χ1n) is 10.8.